The Balaban J connectivity index is 1.72. The number of nitrogens with zero attached hydrogens (tertiary/aromatic N) is 3. The van der Waals surface area contributed by atoms with E-state index in [0.29, 0.717) is 0 Å². The Kier molecular flexibility index (Phi) is 4.87. The zero-order chi connectivity index (χ0) is 13.0. The summed E-state index contributed by atoms with van der Waals surface area (Å²) < 4.78 is 0. The molecule has 4 nitrogen and oxygen atoms in total. The van der Waals surface area contributed by atoms with Gasteiger partial charge in [-0.3, -0.25) is 4.99 Å². The van der Waals surface area contributed by atoms with Crippen molar-refractivity contribution in [2.75, 3.05) is 46.3 Å². The van der Waals surface area contributed by atoms with Crippen molar-refractivity contribution in [1.29, 1.82) is 0 Å². The van der Waals surface area contributed by atoms with E-state index in [2.05, 4.69) is 41.0 Å². The summed E-state index contributed by atoms with van der Waals surface area (Å²) in [4.78, 5) is 9.33. The number of rotatable bonds is 4. The van der Waals surface area contributed by atoms with Gasteiger partial charge >= 0.3 is 0 Å². The lowest BCUT2D eigenvalue weighted by Gasteiger charge is -2.34. The lowest BCUT2D eigenvalue weighted by Crippen LogP contribution is -2.44. The van der Waals surface area contributed by atoms with Gasteiger partial charge in [0.15, 0.2) is 5.96 Å². The van der Waals surface area contributed by atoms with Gasteiger partial charge in [0.05, 0.1) is 6.54 Å². The minimum Gasteiger partial charge on any atom is -0.356 e. The van der Waals surface area contributed by atoms with E-state index in [1.165, 1.54) is 32.5 Å². The van der Waals surface area contributed by atoms with Crippen LogP contribution < -0.4 is 5.32 Å². The average Bonchev–Trinajstić information content (AvgIpc) is 2.72. The van der Waals surface area contributed by atoms with Crippen molar-refractivity contribution in [2.45, 2.75) is 26.7 Å². The lowest BCUT2D eigenvalue weighted by atomic mass is 9.97. The second-order valence-electron chi connectivity index (χ2n) is 6.17. The fraction of sp³-hybridized carbons (Fsp3) is 0.929. The second kappa shape index (κ2) is 6.41. The van der Waals surface area contributed by atoms with Crippen molar-refractivity contribution in [3.8, 4) is 0 Å². The predicted octanol–water partition coefficient (Wildman–Crippen LogP) is 1.25. The van der Waals surface area contributed by atoms with Crippen LogP contribution in [-0.4, -0.2) is 62.1 Å². The van der Waals surface area contributed by atoms with Gasteiger partial charge in [-0.1, -0.05) is 13.8 Å². The molecule has 0 aromatic carbocycles. The minimum atomic E-state index is 0.780. The van der Waals surface area contributed by atoms with Gasteiger partial charge in [0.1, 0.15) is 0 Å². The van der Waals surface area contributed by atoms with Crippen LogP contribution in [0.25, 0.3) is 0 Å². The summed E-state index contributed by atoms with van der Waals surface area (Å²) >= 11 is 0. The molecule has 2 aliphatic heterocycles. The van der Waals surface area contributed by atoms with Gasteiger partial charge in [0.2, 0.25) is 0 Å². The first kappa shape index (κ1) is 13.7. The Morgan fingerprint density at radius 3 is 2.89 bits per heavy atom. The molecule has 18 heavy (non-hydrogen) atoms. The zero-order valence-corrected chi connectivity index (χ0v) is 12.2. The Morgan fingerprint density at radius 1 is 1.39 bits per heavy atom. The molecular weight excluding hydrogens is 224 g/mol. The maximum atomic E-state index is 4.49. The van der Waals surface area contributed by atoms with Crippen LogP contribution in [0.15, 0.2) is 4.99 Å². The van der Waals surface area contributed by atoms with E-state index < -0.39 is 0 Å². The number of likely N-dealkylation sites (N-methyl/N-ethyl adjacent to an activating group) is 1. The second-order valence-corrected chi connectivity index (χ2v) is 6.17. The molecule has 0 bridgehead atoms. The number of piperidine rings is 1. The maximum Gasteiger partial charge on any atom is 0.193 e. The summed E-state index contributed by atoms with van der Waals surface area (Å²) in [6.07, 6.45) is 2.71. The van der Waals surface area contributed by atoms with Gasteiger partial charge in [-0.25, -0.2) is 0 Å². The molecule has 2 heterocycles. The molecule has 0 aromatic heterocycles. The summed E-state index contributed by atoms with van der Waals surface area (Å²) in [5, 5.41) is 3.52. The van der Waals surface area contributed by atoms with E-state index >= 15 is 0 Å². The molecular formula is C14H28N4. The monoisotopic (exact) mass is 252 g/mol. The number of aliphatic imine (C=N–C) groups is 1. The number of likely N-dealkylation sites (tertiary alicyclic amines) is 1. The van der Waals surface area contributed by atoms with E-state index in [1.807, 2.05) is 0 Å². The van der Waals surface area contributed by atoms with Crippen LogP contribution in [0.4, 0.5) is 0 Å². The Hall–Kier alpha value is -0.770. The average molecular weight is 252 g/mol. The van der Waals surface area contributed by atoms with Crippen molar-refractivity contribution in [3.63, 3.8) is 0 Å². The van der Waals surface area contributed by atoms with Crippen molar-refractivity contribution >= 4 is 5.96 Å². The largest absolute Gasteiger partial charge is 0.356 e. The smallest absolute Gasteiger partial charge is 0.193 e. The Labute approximate surface area is 111 Å². The number of hydrogen-bond acceptors (Lipinski definition) is 4. The summed E-state index contributed by atoms with van der Waals surface area (Å²) in [5.41, 5.74) is 0. The molecule has 0 saturated carbocycles. The number of nitrogens with one attached hydrogen (secondary N) is 1. The first-order chi connectivity index (χ1) is 8.65. The number of guanidine groups is 1. The summed E-state index contributed by atoms with van der Waals surface area (Å²) in [6.45, 7) is 11.5. The third kappa shape index (κ3) is 3.87. The molecule has 0 aromatic rings. The normalized spacial score (nSPS) is 25.7. The van der Waals surface area contributed by atoms with Gasteiger partial charge in [-0.05, 0) is 31.2 Å². The van der Waals surface area contributed by atoms with E-state index in [0.717, 1.165) is 37.4 Å². The standard InChI is InChI=1S/C14H28N4/c1-12(2)10-18-7-4-5-13(11-18)9-16-14-15-6-8-17(14)3/h12-13H,4-11H2,1-3H3,(H,15,16). The van der Waals surface area contributed by atoms with Crippen LogP contribution in [0.2, 0.25) is 0 Å². The molecule has 1 unspecified atom stereocenters. The molecule has 1 atom stereocenters. The molecule has 0 radical (unpaired) electrons. The molecule has 0 amide bonds. The summed E-state index contributed by atoms with van der Waals surface area (Å²) in [7, 11) is 2.12. The van der Waals surface area contributed by atoms with Gasteiger partial charge in [-0.15, -0.1) is 0 Å². The van der Waals surface area contributed by atoms with Crippen LogP contribution in [0.1, 0.15) is 26.7 Å². The third-order valence-electron chi connectivity index (χ3n) is 3.83. The van der Waals surface area contributed by atoms with Gasteiger partial charge in [-0.2, -0.15) is 0 Å². The molecule has 0 aliphatic carbocycles. The highest BCUT2D eigenvalue weighted by molar-refractivity contribution is 5.81. The first-order valence-corrected chi connectivity index (χ1v) is 7.37. The van der Waals surface area contributed by atoms with Crippen LogP contribution in [0.3, 0.4) is 0 Å². The van der Waals surface area contributed by atoms with E-state index in [-0.39, 0.29) is 0 Å². The topological polar surface area (TPSA) is 30.9 Å². The van der Waals surface area contributed by atoms with Crippen LogP contribution in [0, 0.1) is 11.8 Å². The number of hydrogen-bond donors (Lipinski definition) is 1. The molecule has 1 fully saturated rings. The van der Waals surface area contributed by atoms with Crippen LogP contribution >= 0.6 is 0 Å². The highest BCUT2D eigenvalue weighted by atomic mass is 15.3. The molecule has 0 spiro atoms. The molecule has 2 aliphatic rings. The van der Waals surface area contributed by atoms with Crippen molar-refractivity contribution in [3.05, 3.63) is 0 Å². The van der Waals surface area contributed by atoms with Crippen LogP contribution in [-0.2, 0) is 0 Å². The van der Waals surface area contributed by atoms with Crippen LogP contribution in [0.5, 0.6) is 0 Å². The lowest BCUT2D eigenvalue weighted by molar-refractivity contribution is 0.159. The highest BCUT2D eigenvalue weighted by Crippen LogP contribution is 2.17. The highest BCUT2D eigenvalue weighted by Gasteiger charge is 2.21. The van der Waals surface area contributed by atoms with E-state index in [1.54, 1.807) is 0 Å². The SMILES string of the molecule is CC(C)CN1CCCC(CNC2=NCCN2C)C1. The van der Waals surface area contributed by atoms with Crippen molar-refractivity contribution in [2.24, 2.45) is 16.8 Å². The first-order valence-electron chi connectivity index (χ1n) is 7.37. The predicted molar refractivity (Wildman–Crippen MR) is 76.9 cm³/mol. The Bertz CT molecular complexity index is 288. The van der Waals surface area contributed by atoms with E-state index in [4.69, 9.17) is 0 Å². The van der Waals surface area contributed by atoms with Crippen molar-refractivity contribution in [1.82, 2.24) is 15.1 Å². The van der Waals surface area contributed by atoms with E-state index in [9.17, 15) is 0 Å². The molecule has 104 valence electrons. The fourth-order valence-electron chi connectivity index (χ4n) is 2.96. The molecule has 2 rings (SSSR count). The van der Waals surface area contributed by atoms with Gasteiger partial charge in [0, 0.05) is 33.2 Å². The minimum absolute atomic E-state index is 0.780. The summed E-state index contributed by atoms with van der Waals surface area (Å²) in [5.74, 6) is 2.66. The molecule has 4 heteroatoms. The fourth-order valence-corrected chi connectivity index (χ4v) is 2.96. The molecule has 1 saturated heterocycles. The Morgan fingerprint density at radius 2 is 2.22 bits per heavy atom. The summed E-state index contributed by atoms with van der Waals surface area (Å²) in [6, 6.07) is 0. The molecule has 1 N–H and O–H groups in total. The third-order valence-corrected chi connectivity index (χ3v) is 3.83. The quantitative estimate of drug-likeness (QED) is 0.817. The van der Waals surface area contributed by atoms with Gasteiger partial charge in [0.25, 0.3) is 0 Å². The zero-order valence-electron chi connectivity index (χ0n) is 12.2. The van der Waals surface area contributed by atoms with Crippen molar-refractivity contribution < 1.29 is 0 Å². The maximum absolute atomic E-state index is 4.49. The van der Waals surface area contributed by atoms with Gasteiger partial charge < -0.3 is 15.1 Å².